The van der Waals surface area contributed by atoms with Crippen molar-refractivity contribution in [2.75, 3.05) is 6.54 Å². The molecule has 0 saturated carbocycles. The van der Waals surface area contributed by atoms with Gasteiger partial charge in [-0.3, -0.25) is 9.59 Å². The minimum Gasteiger partial charge on any atom is -0.354 e. The second kappa shape index (κ2) is 5.85. The van der Waals surface area contributed by atoms with Crippen LogP contribution >= 0.6 is 0 Å². The van der Waals surface area contributed by atoms with E-state index in [9.17, 15) is 14.4 Å². The fraction of sp³-hybridized carbons (Fsp3) is 0.538. The second-order valence-corrected chi connectivity index (χ2v) is 5.30. The molecule has 1 aliphatic heterocycles. The Hall–Kier alpha value is -2.18. The van der Waals surface area contributed by atoms with Crippen molar-refractivity contribution < 1.29 is 9.59 Å². The van der Waals surface area contributed by atoms with Crippen LogP contribution in [0.1, 0.15) is 36.5 Å². The summed E-state index contributed by atoms with van der Waals surface area (Å²) in [7, 11) is 0. The Balaban J connectivity index is 2.14. The fourth-order valence-corrected chi connectivity index (χ4v) is 2.14. The summed E-state index contributed by atoms with van der Waals surface area (Å²) in [5, 5.41) is 5.22. The molecular formula is C13H18N4O3. The maximum absolute atomic E-state index is 12.0. The quantitative estimate of drug-likeness (QED) is 0.696. The highest BCUT2D eigenvalue weighted by Gasteiger charge is 2.26. The lowest BCUT2D eigenvalue weighted by molar-refractivity contribution is -0.120. The lowest BCUT2D eigenvalue weighted by Crippen LogP contribution is -2.41. The molecular weight excluding hydrogens is 260 g/mol. The van der Waals surface area contributed by atoms with E-state index in [2.05, 4.69) is 20.6 Å². The van der Waals surface area contributed by atoms with Crippen LogP contribution in [0.4, 0.5) is 0 Å². The van der Waals surface area contributed by atoms with Crippen molar-refractivity contribution in [3.05, 3.63) is 27.9 Å². The molecule has 1 saturated heterocycles. The first-order chi connectivity index (χ1) is 9.45. The van der Waals surface area contributed by atoms with E-state index >= 15 is 0 Å². The first-order valence-electron chi connectivity index (χ1n) is 6.64. The largest absolute Gasteiger partial charge is 0.354 e. The highest BCUT2D eigenvalue weighted by Crippen LogP contribution is 2.06. The van der Waals surface area contributed by atoms with Gasteiger partial charge in [-0.25, -0.2) is 4.79 Å². The van der Waals surface area contributed by atoms with Crippen molar-refractivity contribution in [2.45, 2.75) is 32.7 Å². The molecule has 20 heavy (non-hydrogen) atoms. The van der Waals surface area contributed by atoms with Crippen LogP contribution in [0.3, 0.4) is 0 Å². The predicted molar refractivity (Wildman–Crippen MR) is 72.3 cm³/mol. The minimum absolute atomic E-state index is 0.0455. The number of nitrogens with zero attached hydrogens (tertiary/aromatic N) is 1. The third-order valence-electron chi connectivity index (χ3n) is 3.02. The zero-order valence-electron chi connectivity index (χ0n) is 11.5. The number of hydrogen-bond acceptors (Lipinski definition) is 4. The minimum atomic E-state index is -0.552. The van der Waals surface area contributed by atoms with Gasteiger partial charge in [0, 0.05) is 12.2 Å². The number of aromatic nitrogens is 2. The van der Waals surface area contributed by atoms with Crippen LogP contribution in [0.2, 0.25) is 0 Å². The summed E-state index contributed by atoms with van der Waals surface area (Å²) in [5.74, 6) is -0.349. The van der Waals surface area contributed by atoms with Crippen molar-refractivity contribution in [1.82, 2.24) is 20.6 Å². The van der Waals surface area contributed by atoms with Crippen LogP contribution in [0, 0.1) is 5.92 Å². The zero-order chi connectivity index (χ0) is 14.7. The van der Waals surface area contributed by atoms with Crippen molar-refractivity contribution in [3.63, 3.8) is 0 Å². The van der Waals surface area contributed by atoms with Crippen LogP contribution in [-0.2, 0) is 11.2 Å². The molecule has 2 heterocycles. The Morgan fingerprint density at radius 1 is 1.50 bits per heavy atom. The number of carbonyl (C=O) groups is 2. The summed E-state index contributed by atoms with van der Waals surface area (Å²) in [6.07, 6.45) is 1.20. The summed E-state index contributed by atoms with van der Waals surface area (Å²) in [4.78, 5) is 41.2. The van der Waals surface area contributed by atoms with Gasteiger partial charge in [0.15, 0.2) is 0 Å². The molecule has 0 spiro atoms. The maximum atomic E-state index is 12.0. The summed E-state index contributed by atoms with van der Waals surface area (Å²) in [6, 6.07) is 1.01. The van der Waals surface area contributed by atoms with Crippen molar-refractivity contribution in [3.8, 4) is 0 Å². The number of H-pyrrole nitrogens is 1. The molecule has 1 atom stereocenters. The lowest BCUT2D eigenvalue weighted by atomic mass is 10.1. The number of hydrogen-bond donors (Lipinski definition) is 3. The molecule has 2 rings (SSSR count). The first kappa shape index (κ1) is 14.2. The van der Waals surface area contributed by atoms with E-state index in [1.807, 2.05) is 13.8 Å². The van der Waals surface area contributed by atoms with E-state index in [-0.39, 0.29) is 11.6 Å². The molecule has 0 aliphatic carbocycles. The molecule has 7 heteroatoms. The fourth-order valence-electron chi connectivity index (χ4n) is 2.14. The van der Waals surface area contributed by atoms with Gasteiger partial charge in [-0.1, -0.05) is 13.8 Å². The van der Waals surface area contributed by atoms with Gasteiger partial charge in [-0.2, -0.15) is 4.98 Å². The summed E-state index contributed by atoms with van der Waals surface area (Å²) in [6.45, 7) is 4.58. The number of carbonyl (C=O) groups excluding carboxylic acids is 2. The Labute approximate surface area is 116 Å². The lowest BCUT2D eigenvalue weighted by Gasteiger charge is -2.10. The molecule has 0 unspecified atom stereocenters. The van der Waals surface area contributed by atoms with E-state index < -0.39 is 17.6 Å². The summed E-state index contributed by atoms with van der Waals surface area (Å²) >= 11 is 0. The van der Waals surface area contributed by atoms with Gasteiger partial charge in [0.2, 0.25) is 5.91 Å². The van der Waals surface area contributed by atoms with Gasteiger partial charge in [0.25, 0.3) is 5.91 Å². The van der Waals surface area contributed by atoms with Crippen LogP contribution in [0.5, 0.6) is 0 Å². The van der Waals surface area contributed by atoms with E-state index in [1.165, 1.54) is 0 Å². The number of aromatic amines is 1. The highest BCUT2D eigenvalue weighted by atomic mass is 16.2. The molecule has 0 radical (unpaired) electrons. The van der Waals surface area contributed by atoms with Gasteiger partial charge in [-0.05, 0) is 24.8 Å². The van der Waals surface area contributed by atoms with Gasteiger partial charge in [0.1, 0.15) is 11.7 Å². The number of nitrogens with one attached hydrogen (secondary N) is 3. The van der Waals surface area contributed by atoms with Crippen molar-refractivity contribution in [2.24, 2.45) is 5.92 Å². The van der Waals surface area contributed by atoms with E-state index in [4.69, 9.17) is 0 Å². The molecule has 0 aromatic carbocycles. The van der Waals surface area contributed by atoms with Crippen LogP contribution < -0.4 is 16.3 Å². The standard InChI is InChI=1S/C13H18N4O3/c1-7(2)5-8-6-10(17-13(20)15-8)12(19)16-9-3-4-14-11(9)18/h6-7,9H,3-5H2,1-2H3,(H,14,18)(H,16,19)(H,15,17,20)/t9-/m1/s1. The Morgan fingerprint density at radius 3 is 2.85 bits per heavy atom. The second-order valence-electron chi connectivity index (χ2n) is 5.30. The van der Waals surface area contributed by atoms with E-state index in [0.717, 1.165) is 0 Å². The smallest absolute Gasteiger partial charge is 0.345 e. The Bertz CT molecular complexity index is 579. The van der Waals surface area contributed by atoms with E-state index in [0.29, 0.717) is 31.0 Å². The van der Waals surface area contributed by atoms with Gasteiger partial charge >= 0.3 is 5.69 Å². The summed E-state index contributed by atoms with van der Waals surface area (Å²) in [5.41, 5.74) is 0.161. The first-order valence-corrected chi connectivity index (χ1v) is 6.64. The molecule has 0 bridgehead atoms. The average Bonchev–Trinajstić information content (AvgIpc) is 2.73. The molecule has 1 aliphatic rings. The van der Waals surface area contributed by atoms with Crippen molar-refractivity contribution in [1.29, 1.82) is 0 Å². The molecule has 1 aromatic rings. The predicted octanol–water partition coefficient (Wildman–Crippen LogP) is -0.413. The number of amides is 2. The molecule has 3 N–H and O–H groups in total. The van der Waals surface area contributed by atoms with Gasteiger partial charge in [0.05, 0.1) is 0 Å². The monoisotopic (exact) mass is 278 g/mol. The summed E-state index contributed by atoms with van der Waals surface area (Å²) < 4.78 is 0. The normalized spacial score (nSPS) is 18.1. The van der Waals surface area contributed by atoms with Crippen molar-refractivity contribution >= 4 is 11.8 Å². The zero-order valence-corrected chi connectivity index (χ0v) is 11.5. The Kier molecular flexibility index (Phi) is 4.16. The Morgan fingerprint density at radius 2 is 2.25 bits per heavy atom. The van der Waals surface area contributed by atoms with Crippen LogP contribution in [-0.4, -0.2) is 34.4 Å². The van der Waals surface area contributed by atoms with Crippen LogP contribution in [0.15, 0.2) is 10.9 Å². The van der Waals surface area contributed by atoms with Gasteiger partial charge in [-0.15, -0.1) is 0 Å². The molecule has 7 nitrogen and oxygen atoms in total. The van der Waals surface area contributed by atoms with Gasteiger partial charge < -0.3 is 15.6 Å². The topological polar surface area (TPSA) is 104 Å². The number of rotatable bonds is 4. The third kappa shape index (κ3) is 3.43. The van der Waals surface area contributed by atoms with Crippen LogP contribution in [0.25, 0.3) is 0 Å². The third-order valence-corrected chi connectivity index (χ3v) is 3.02. The average molecular weight is 278 g/mol. The molecule has 1 fully saturated rings. The highest BCUT2D eigenvalue weighted by molar-refractivity contribution is 5.96. The maximum Gasteiger partial charge on any atom is 0.345 e. The van der Waals surface area contributed by atoms with E-state index in [1.54, 1.807) is 6.07 Å². The SMILES string of the molecule is CC(C)Cc1cc(C(=O)N[C@@H]2CCNC2=O)nc(=O)[nH]1. The molecule has 2 amide bonds. The molecule has 108 valence electrons. The molecule has 1 aromatic heterocycles.